The fourth-order valence-electron chi connectivity index (χ4n) is 4.22. The minimum absolute atomic E-state index is 0.399. The summed E-state index contributed by atoms with van der Waals surface area (Å²) >= 11 is 0. The lowest BCUT2D eigenvalue weighted by Gasteiger charge is -2.50. The fourth-order valence-corrected chi connectivity index (χ4v) is 4.22. The molecular weight excluding hydrogens is 256 g/mol. The highest BCUT2D eigenvalue weighted by Crippen LogP contribution is 2.41. The van der Waals surface area contributed by atoms with E-state index in [1.807, 2.05) is 0 Å². The van der Waals surface area contributed by atoms with Gasteiger partial charge in [-0.25, -0.2) is 0 Å². The zero-order valence-electron chi connectivity index (χ0n) is 13.8. The van der Waals surface area contributed by atoms with Crippen molar-refractivity contribution in [3.63, 3.8) is 0 Å². The maximum Gasteiger partial charge on any atom is 0.0478 e. The summed E-state index contributed by atoms with van der Waals surface area (Å²) < 4.78 is 0. The lowest BCUT2D eigenvalue weighted by Crippen LogP contribution is -2.60. The molecule has 0 radical (unpaired) electrons. The largest absolute Gasteiger partial charge is 0.311 e. The van der Waals surface area contributed by atoms with Crippen LogP contribution in [0.3, 0.4) is 0 Å². The normalized spacial score (nSPS) is 29.9. The third kappa shape index (κ3) is 3.02. The average Bonchev–Trinajstić information content (AvgIpc) is 2.95. The van der Waals surface area contributed by atoms with Crippen LogP contribution in [0.4, 0.5) is 0 Å². The van der Waals surface area contributed by atoms with Gasteiger partial charge in [0, 0.05) is 30.7 Å². The van der Waals surface area contributed by atoms with Gasteiger partial charge in [0.15, 0.2) is 0 Å². The molecule has 2 nitrogen and oxygen atoms in total. The second-order valence-corrected chi connectivity index (χ2v) is 7.54. The minimum Gasteiger partial charge on any atom is -0.311 e. The first-order chi connectivity index (χ1) is 10.1. The van der Waals surface area contributed by atoms with E-state index in [1.165, 1.54) is 37.8 Å². The summed E-state index contributed by atoms with van der Waals surface area (Å²) in [4.78, 5) is 2.83. The average molecular weight is 286 g/mol. The molecule has 21 heavy (non-hydrogen) atoms. The van der Waals surface area contributed by atoms with Crippen LogP contribution in [-0.2, 0) is 0 Å². The van der Waals surface area contributed by atoms with E-state index in [0.717, 1.165) is 6.54 Å². The van der Waals surface area contributed by atoms with Crippen LogP contribution in [0.2, 0.25) is 0 Å². The standard InChI is InChI=1S/C19H30N2/c1-15(2)17-14-21(19(3)11-7-8-12-19)18(13-20-17)16-9-5-4-6-10-16/h4-6,9-10,15,17-18,20H,7-8,11-14H2,1-3H3. The van der Waals surface area contributed by atoms with Gasteiger partial charge in [-0.15, -0.1) is 0 Å². The van der Waals surface area contributed by atoms with Crippen LogP contribution in [0.5, 0.6) is 0 Å². The van der Waals surface area contributed by atoms with Crippen molar-refractivity contribution >= 4 is 0 Å². The molecule has 1 aliphatic carbocycles. The molecule has 2 unspecified atom stereocenters. The van der Waals surface area contributed by atoms with Gasteiger partial charge < -0.3 is 5.32 Å². The molecule has 1 aromatic carbocycles. The van der Waals surface area contributed by atoms with E-state index in [1.54, 1.807) is 0 Å². The second kappa shape index (κ2) is 6.10. The summed E-state index contributed by atoms with van der Waals surface area (Å²) in [5, 5.41) is 3.80. The summed E-state index contributed by atoms with van der Waals surface area (Å²) in [5.41, 5.74) is 1.87. The first kappa shape index (κ1) is 15.1. The molecular formula is C19H30N2. The van der Waals surface area contributed by atoms with E-state index in [9.17, 15) is 0 Å². The van der Waals surface area contributed by atoms with Crippen LogP contribution in [0.25, 0.3) is 0 Å². The first-order valence-corrected chi connectivity index (χ1v) is 8.65. The maximum absolute atomic E-state index is 3.80. The van der Waals surface area contributed by atoms with Gasteiger partial charge in [-0.3, -0.25) is 4.90 Å². The topological polar surface area (TPSA) is 15.3 Å². The van der Waals surface area contributed by atoms with Crippen LogP contribution in [-0.4, -0.2) is 29.6 Å². The molecule has 0 spiro atoms. The quantitative estimate of drug-likeness (QED) is 0.904. The molecule has 1 heterocycles. The van der Waals surface area contributed by atoms with Crippen LogP contribution in [0.15, 0.2) is 30.3 Å². The van der Waals surface area contributed by atoms with Crippen molar-refractivity contribution in [2.75, 3.05) is 13.1 Å². The third-order valence-electron chi connectivity index (χ3n) is 5.71. The Morgan fingerprint density at radius 3 is 2.43 bits per heavy atom. The Balaban J connectivity index is 1.87. The summed E-state index contributed by atoms with van der Waals surface area (Å²) in [7, 11) is 0. The number of rotatable bonds is 3. The van der Waals surface area contributed by atoms with Crippen LogP contribution in [0, 0.1) is 5.92 Å². The Hall–Kier alpha value is -0.860. The van der Waals surface area contributed by atoms with E-state index in [4.69, 9.17) is 0 Å². The molecule has 2 aliphatic rings. The summed E-state index contributed by atoms with van der Waals surface area (Å²) in [5.74, 6) is 0.703. The van der Waals surface area contributed by atoms with Crippen molar-refractivity contribution in [2.45, 2.75) is 64.1 Å². The molecule has 2 atom stereocenters. The van der Waals surface area contributed by atoms with Gasteiger partial charge >= 0.3 is 0 Å². The van der Waals surface area contributed by atoms with Gasteiger partial charge in [-0.1, -0.05) is 57.0 Å². The van der Waals surface area contributed by atoms with E-state index in [0.29, 0.717) is 23.5 Å². The van der Waals surface area contributed by atoms with Crippen molar-refractivity contribution in [2.24, 2.45) is 5.92 Å². The number of hydrogen-bond acceptors (Lipinski definition) is 2. The summed E-state index contributed by atoms with van der Waals surface area (Å²) in [6.45, 7) is 9.46. The maximum atomic E-state index is 3.80. The lowest BCUT2D eigenvalue weighted by atomic mass is 9.88. The van der Waals surface area contributed by atoms with Crippen molar-refractivity contribution in [3.05, 3.63) is 35.9 Å². The van der Waals surface area contributed by atoms with E-state index in [-0.39, 0.29) is 0 Å². The van der Waals surface area contributed by atoms with Gasteiger partial charge in [0.2, 0.25) is 0 Å². The number of nitrogens with zero attached hydrogens (tertiary/aromatic N) is 1. The summed E-state index contributed by atoms with van der Waals surface area (Å²) in [6, 6.07) is 12.2. The molecule has 1 saturated carbocycles. The van der Waals surface area contributed by atoms with Gasteiger partial charge in [0.05, 0.1) is 0 Å². The molecule has 116 valence electrons. The Kier molecular flexibility index (Phi) is 4.37. The zero-order chi connectivity index (χ0) is 14.9. The van der Waals surface area contributed by atoms with Crippen molar-refractivity contribution in [1.29, 1.82) is 0 Å². The van der Waals surface area contributed by atoms with Crippen molar-refractivity contribution in [1.82, 2.24) is 10.2 Å². The molecule has 2 fully saturated rings. The predicted molar refractivity (Wildman–Crippen MR) is 89.4 cm³/mol. The number of benzene rings is 1. The molecule has 1 N–H and O–H groups in total. The van der Waals surface area contributed by atoms with Crippen molar-refractivity contribution < 1.29 is 0 Å². The molecule has 1 saturated heterocycles. The first-order valence-electron chi connectivity index (χ1n) is 8.65. The van der Waals surface area contributed by atoms with E-state index >= 15 is 0 Å². The SMILES string of the molecule is CC(C)C1CN(C2(C)CCCC2)C(c2ccccc2)CN1. The second-order valence-electron chi connectivity index (χ2n) is 7.54. The minimum atomic E-state index is 0.399. The summed E-state index contributed by atoms with van der Waals surface area (Å²) in [6.07, 6.45) is 5.52. The molecule has 2 heteroatoms. The molecule has 0 aromatic heterocycles. The monoisotopic (exact) mass is 286 g/mol. The molecule has 3 rings (SSSR count). The third-order valence-corrected chi connectivity index (χ3v) is 5.71. The van der Waals surface area contributed by atoms with E-state index in [2.05, 4.69) is 61.3 Å². The van der Waals surface area contributed by atoms with Crippen LogP contribution >= 0.6 is 0 Å². The van der Waals surface area contributed by atoms with Gasteiger partial charge in [0.1, 0.15) is 0 Å². The Bertz CT molecular complexity index is 448. The lowest BCUT2D eigenvalue weighted by molar-refractivity contribution is 0.0141. The highest BCUT2D eigenvalue weighted by molar-refractivity contribution is 5.21. The molecule has 1 aromatic rings. The van der Waals surface area contributed by atoms with Gasteiger partial charge in [-0.2, -0.15) is 0 Å². The number of piperazine rings is 1. The van der Waals surface area contributed by atoms with Crippen LogP contribution < -0.4 is 5.32 Å². The smallest absolute Gasteiger partial charge is 0.0478 e. The highest BCUT2D eigenvalue weighted by atomic mass is 15.3. The van der Waals surface area contributed by atoms with Gasteiger partial charge in [-0.05, 0) is 31.2 Å². The Morgan fingerprint density at radius 1 is 1.14 bits per heavy atom. The highest BCUT2D eigenvalue weighted by Gasteiger charge is 2.42. The zero-order valence-corrected chi connectivity index (χ0v) is 13.8. The van der Waals surface area contributed by atoms with Gasteiger partial charge in [0.25, 0.3) is 0 Å². The molecule has 0 bridgehead atoms. The van der Waals surface area contributed by atoms with E-state index < -0.39 is 0 Å². The molecule has 1 aliphatic heterocycles. The Labute approximate surface area is 129 Å². The fraction of sp³-hybridized carbons (Fsp3) is 0.684. The number of hydrogen-bond donors (Lipinski definition) is 1. The Morgan fingerprint density at radius 2 is 1.81 bits per heavy atom. The van der Waals surface area contributed by atoms with Crippen molar-refractivity contribution in [3.8, 4) is 0 Å². The van der Waals surface area contributed by atoms with Crippen LogP contribution in [0.1, 0.15) is 58.1 Å². The molecule has 0 amide bonds. The number of nitrogens with one attached hydrogen (secondary N) is 1. The predicted octanol–water partition coefficient (Wildman–Crippen LogP) is 3.99.